The van der Waals surface area contributed by atoms with Crippen LogP contribution >= 0.6 is 0 Å². The van der Waals surface area contributed by atoms with Crippen molar-refractivity contribution in [3.63, 3.8) is 0 Å². The quantitative estimate of drug-likeness (QED) is 0.811. The Hall–Kier alpha value is -1.48. The molecular formula is C14H16O6S2. The van der Waals surface area contributed by atoms with Gasteiger partial charge in [-0.1, -0.05) is 32.9 Å². The molecule has 2 N–H and O–H groups in total. The fraction of sp³-hybridized carbons (Fsp3) is 0.286. The van der Waals surface area contributed by atoms with Gasteiger partial charge in [0, 0.05) is 0 Å². The summed E-state index contributed by atoms with van der Waals surface area (Å²) in [7, 11) is -9.26. The first-order chi connectivity index (χ1) is 9.80. The second-order valence-electron chi connectivity index (χ2n) is 6.05. The maximum atomic E-state index is 11.5. The van der Waals surface area contributed by atoms with Crippen molar-refractivity contribution >= 4 is 20.2 Å². The molecule has 0 spiro atoms. The van der Waals surface area contributed by atoms with Crippen LogP contribution in [0.25, 0.3) is 11.1 Å². The van der Waals surface area contributed by atoms with Crippen molar-refractivity contribution in [1.82, 2.24) is 0 Å². The molecule has 2 aliphatic rings. The van der Waals surface area contributed by atoms with Crippen molar-refractivity contribution in [2.45, 2.75) is 36.0 Å². The molecule has 0 saturated heterocycles. The van der Waals surface area contributed by atoms with E-state index in [9.17, 15) is 25.9 Å². The van der Waals surface area contributed by atoms with Crippen LogP contribution in [-0.4, -0.2) is 25.9 Å². The Kier molecular flexibility index (Phi) is 3.85. The first-order valence-corrected chi connectivity index (χ1v) is 9.21. The third-order valence-electron chi connectivity index (χ3n) is 3.30. The van der Waals surface area contributed by atoms with Crippen LogP contribution in [0.15, 0.2) is 40.1 Å². The molecule has 22 heavy (non-hydrogen) atoms. The standard InChI is InChI=1S/C14H16O6S2/c1-14(2,3)13-5-4-9-6-10(21(15,16)17)7-11(8-12(9)13)22(18,19)20/h4-8H,1-3H3,(H,15,16,17)(H,18,19,20). The zero-order valence-corrected chi connectivity index (χ0v) is 13.9. The van der Waals surface area contributed by atoms with Gasteiger partial charge in [0.2, 0.25) is 0 Å². The highest BCUT2D eigenvalue weighted by Crippen LogP contribution is 2.37. The molecule has 0 amide bonds. The maximum Gasteiger partial charge on any atom is 0.294 e. The number of rotatable bonds is 2. The van der Waals surface area contributed by atoms with Crippen molar-refractivity contribution in [3.05, 3.63) is 35.9 Å². The van der Waals surface area contributed by atoms with Gasteiger partial charge in [-0.3, -0.25) is 9.11 Å². The largest absolute Gasteiger partial charge is 0.294 e. The summed E-state index contributed by atoms with van der Waals surface area (Å²) in [5.74, 6) is 0. The van der Waals surface area contributed by atoms with Crippen LogP contribution in [0.2, 0.25) is 0 Å². The molecule has 2 rings (SSSR count). The molecule has 0 heterocycles. The summed E-state index contributed by atoms with van der Waals surface area (Å²) in [5.41, 5.74) is 1.43. The Morgan fingerprint density at radius 1 is 0.818 bits per heavy atom. The predicted molar refractivity (Wildman–Crippen MR) is 81.4 cm³/mol. The summed E-state index contributed by atoms with van der Waals surface area (Å²) in [6, 6.07) is 6.51. The highest BCUT2D eigenvalue weighted by atomic mass is 32.2. The summed E-state index contributed by atoms with van der Waals surface area (Å²) < 4.78 is 64.2. The third kappa shape index (κ3) is 3.30. The SMILES string of the molecule is CC(C)(C)c1ccc2cc(S(=O)(=O)O)cc(S(=O)(=O)O)cc1-2. The molecule has 0 aromatic rings. The summed E-state index contributed by atoms with van der Waals surface area (Å²) in [6.07, 6.45) is 0. The third-order valence-corrected chi connectivity index (χ3v) is 4.97. The Labute approximate surface area is 129 Å². The number of hydrogen-bond acceptors (Lipinski definition) is 4. The van der Waals surface area contributed by atoms with Gasteiger partial charge in [0.25, 0.3) is 20.2 Å². The summed E-state index contributed by atoms with van der Waals surface area (Å²) >= 11 is 0. The van der Waals surface area contributed by atoms with Gasteiger partial charge in [0.15, 0.2) is 0 Å². The molecule has 0 unspecified atom stereocenters. The smallest absolute Gasteiger partial charge is 0.282 e. The van der Waals surface area contributed by atoms with Gasteiger partial charge in [-0.05, 0) is 40.3 Å². The molecule has 6 nitrogen and oxygen atoms in total. The molecule has 2 aliphatic carbocycles. The molecule has 0 atom stereocenters. The molecular weight excluding hydrogens is 328 g/mol. The lowest BCUT2D eigenvalue weighted by atomic mass is 9.86. The van der Waals surface area contributed by atoms with E-state index >= 15 is 0 Å². The van der Waals surface area contributed by atoms with Crippen LogP contribution < -0.4 is 0 Å². The zero-order valence-electron chi connectivity index (χ0n) is 12.2. The van der Waals surface area contributed by atoms with Crippen LogP contribution in [0.5, 0.6) is 0 Å². The van der Waals surface area contributed by atoms with Crippen molar-refractivity contribution in [1.29, 1.82) is 0 Å². The minimum Gasteiger partial charge on any atom is -0.282 e. The zero-order chi connectivity index (χ0) is 16.9. The van der Waals surface area contributed by atoms with E-state index < -0.39 is 30.0 Å². The van der Waals surface area contributed by atoms with Crippen LogP contribution in [-0.2, 0) is 25.7 Å². The van der Waals surface area contributed by atoms with Crippen LogP contribution in [0, 0.1) is 0 Å². The van der Waals surface area contributed by atoms with Crippen molar-refractivity contribution in [2.75, 3.05) is 0 Å². The molecule has 0 saturated carbocycles. The molecule has 0 aromatic heterocycles. The van der Waals surface area contributed by atoms with Crippen LogP contribution in [0.1, 0.15) is 26.3 Å². The fourth-order valence-electron chi connectivity index (χ4n) is 2.27. The lowest BCUT2D eigenvalue weighted by Crippen LogP contribution is -2.10. The van der Waals surface area contributed by atoms with E-state index in [1.54, 1.807) is 12.1 Å². The van der Waals surface area contributed by atoms with E-state index in [0.717, 1.165) is 11.6 Å². The summed E-state index contributed by atoms with van der Waals surface area (Å²) in [6.45, 7) is 5.77. The monoisotopic (exact) mass is 344 g/mol. The molecule has 120 valence electrons. The van der Waals surface area contributed by atoms with Crippen molar-refractivity contribution in [2.24, 2.45) is 0 Å². The maximum absolute atomic E-state index is 11.5. The fourth-order valence-corrected chi connectivity index (χ4v) is 3.44. The highest BCUT2D eigenvalue weighted by molar-refractivity contribution is 7.86. The Morgan fingerprint density at radius 2 is 1.32 bits per heavy atom. The lowest BCUT2D eigenvalue weighted by Gasteiger charge is -2.19. The van der Waals surface area contributed by atoms with E-state index in [4.69, 9.17) is 0 Å². The molecule has 0 fully saturated rings. The van der Waals surface area contributed by atoms with E-state index in [2.05, 4.69) is 0 Å². The van der Waals surface area contributed by atoms with Crippen LogP contribution in [0.4, 0.5) is 0 Å². The van der Waals surface area contributed by atoms with Gasteiger partial charge >= 0.3 is 0 Å². The minimum atomic E-state index is -4.64. The Balaban J connectivity index is 2.94. The van der Waals surface area contributed by atoms with Gasteiger partial charge in [0.05, 0.1) is 9.79 Å². The average molecular weight is 344 g/mol. The minimum absolute atomic E-state index is 0.315. The van der Waals surface area contributed by atoms with Crippen molar-refractivity contribution < 1.29 is 25.9 Å². The molecule has 0 aliphatic heterocycles. The van der Waals surface area contributed by atoms with Gasteiger partial charge in [0.1, 0.15) is 0 Å². The topological polar surface area (TPSA) is 109 Å². The molecule has 0 radical (unpaired) electrons. The molecule has 8 heteroatoms. The highest BCUT2D eigenvalue weighted by Gasteiger charge is 2.24. The molecule has 0 bridgehead atoms. The van der Waals surface area contributed by atoms with Gasteiger partial charge in [-0.25, -0.2) is 0 Å². The van der Waals surface area contributed by atoms with E-state index in [1.165, 1.54) is 12.1 Å². The van der Waals surface area contributed by atoms with E-state index in [-0.39, 0.29) is 5.41 Å². The van der Waals surface area contributed by atoms with E-state index in [1.807, 2.05) is 20.8 Å². The van der Waals surface area contributed by atoms with Crippen molar-refractivity contribution in [3.8, 4) is 11.1 Å². The normalized spacial score (nSPS) is 13.5. The second-order valence-corrected chi connectivity index (χ2v) is 8.90. The van der Waals surface area contributed by atoms with Gasteiger partial charge < -0.3 is 0 Å². The van der Waals surface area contributed by atoms with Gasteiger partial charge in [-0.15, -0.1) is 0 Å². The van der Waals surface area contributed by atoms with E-state index in [0.29, 0.717) is 11.1 Å². The summed E-state index contributed by atoms with van der Waals surface area (Å²) in [5, 5.41) is 0. The first kappa shape index (κ1) is 16.9. The van der Waals surface area contributed by atoms with Gasteiger partial charge in [-0.2, -0.15) is 16.8 Å². The lowest BCUT2D eigenvalue weighted by molar-refractivity contribution is 0.481. The predicted octanol–water partition coefficient (Wildman–Crippen LogP) is 2.58. The number of hydrogen-bond donors (Lipinski definition) is 2. The second kappa shape index (κ2) is 5.02. The molecule has 0 aromatic carbocycles. The Morgan fingerprint density at radius 3 is 1.77 bits per heavy atom. The van der Waals surface area contributed by atoms with Crippen LogP contribution in [0.3, 0.4) is 0 Å². The Bertz CT molecular complexity index is 905. The number of fused-ring (bicyclic) bond motifs is 1. The summed E-state index contributed by atoms with van der Waals surface area (Å²) in [4.78, 5) is -1.19. The average Bonchev–Trinajstić information content (AvgIpc) is 2.57. The first-order valence-electron chi connectivity index (χ1n) is 6.33.